The van der Waals surface area contributed by atoms with Gasteiger partial charge in [0.2, 0.25) is 5.13 Å². The second-order valence-corrected chi connectivity index (χ2v) is 6.83. The number of amides is 1. The Morgan fingerprint density at radius 1 is 1.08 bits per heavy atom. The highest BCUT2D eigenvalue weighted by molar-refractivity contribution is 7.18. The van der Waals surface area contributed by atoms with Crippen LogP contribution in [0.1, 0.15) is 10.5 Å². The number of para-hydroxylation sites is 1. The Labute approximate surface area is 152 Å². The quantitative estimate of drug-likeness (QED) is 0.574. The predicted octanol–water partition coefficient (Wildman–Crippen LogP) is 4.60. The first-order valence-corrected chi connectivity index (χ1v) is 8.78. The molecule has 5 nitrogen and oxygen atoms in total. The summed E-state index contributed by atoms with van der Waals surface area (Å²) in [6.07, 6.45) is 0. The van der Waals surface area contributed by atoms with E-state index < -0.39 is 0 Å². The lowest BCUT2D eigenvalue weighted by atomic mass is 10.2. The van der Waals surface area contributed by atoms with Crippen molar-refractivity contribution < 1.29 is 4.79 Å². The third-order valence-corrected chi connectivity index (χ3v) is 5.20. The van der Waals surface area contributed by atoms with Crippen molar-refractivity contribution in [3.8, 4) is 10.6 Å². The number of aromatic nitrogens is 3. The van der Waals surface area contributed by atoms with Gasteiger partial charge in [0, 0.05) is 23.5 Å². The van der Waals surface area contributed by atoms with Gasteiger partial charge in [0.25, 0.3) is 5.91 Å². The molecule has 0 saturated heterocycles. The van der Waals surface area contributed by atoms with Crippen molar-refractivity contribution in [2.45, 2.75) is 0 Å². The molecule has 0 bridgehead atoms. The summed E-state index contributed by atoms with van der Waals surface area (Å²) >= 11 is 7.73. The molecule has 0 aliphatic carbocycles. The number of benzene rings is 2. The van der Waals surface area contributed by atoms with Crippen LogP contribution in [0.3, 0.4) is 0 Å². The van der Waals surface area contributed by atoms with E-state index in [1.807, 2.05) is 61.6 Å². The summed E-state index contributed by atoms with van der Waals surface area (Å²) in [6.45, 7) is 0. The molecule has 0 unspecified atom stereocenters. The van der Waals surface area contributed by atoms with Gasteiger partial charge in [-0.25, -0.2) is 0 Å². The Balaban J connectivity index is 1.64. The van der Waals surface area contributed by atoms with Gasteiger partial charge < -0.3 is 4.57 Å². The van der Waals surface area contributed by atoms with Crippen LogP contribution in [0, 0.1) is 0 Å². The maximum absolute atomic E-state index is 12.7. The first kappa shape index (κ1) is 15.8. The Morgan fingerprint density at radius 3 is 2.56 bits per heavy atom. The normalized spacial score (nSPS) is 11.0. The van der Waals surface area contributed by atoms with E-state index in [0.717, 1.165) is 21.5 Å². The first-order chi connectivity index (χ1) is 12.1. The fourth-order valence-corrected chi connectivity index (χ4v) is 3.84. The predicted molar refractivity (Wildman–Crippen MR) is 101 cm³/mol. The molecule has 7 heteroatoms. The summed E-state index contributed by atoms with van der Waals surface area (Å²) in [7, 11) is 1.82. The van der Waals surface area contributed by atoms with Crippen LogP contribution < -0.4 is 5.32 Å². The number of nitrogens with one attached hydrogen (secondary N) is 1. The number of halogens is 1. The molecule has 0 saturated carbocycles. The molecule has 0 aliphatic rings. The number of anilines is 1. The summed E-state index contributed by atoms with van der Waals surface area (Å²) in [5.41, 5.74) is 2.27. The first-order valence-electron chi connectivity index (χ1n) is 7.58. The summed E-state index contributed by atoms with van der Waals surface area (Å²) < 4.78 is 1.78. The van der Waals surface area contributed by atoms with E-state index in [-0.39, 0.29) is 5.91 Å². The van der Waals surface area contributed by atoms with Gasteiger partial charge in [0.15, 0.2) is 0 Å². The minimum absolute atomic E-state index is 0.306. The number of nitrogens with zero attached hydrogens (tertiary/aromatic N) is 3. The minimum Gasteiger partial charge on any atom is -0.338 e. The smallest absolute Gasteiger partial charge is 0.275 e. The van der Waals surface area contributed by atoms with Gasteiger partial charge in [-0.1, -0.05) is 71.5 Å². The van der Waals surface area contributed by atoms with E-state index in [0.29, 0.717) is 15.8 Å². The number of hydrogen-bond donors (Lipinski definition) is 1. The summed E-state index contributed by atoms with van der Waals surface area (Å²) in [5, 5.41) is 13.4. The van der Waals surface area contributed by atoms with Crippen molar-refractivity contribution in [3.05, 3.63) is 65.3 Å². The molecule has 0 radical (unpaired) electrons. The van der Waals surface area contributed by atoms with E-state index in [9.17, 15) is 4.79 Å². The second-order valence-electron chi connectivity index (χ2n) is 5.47. The molecule has 124 valence electrons. The molecule has 4 aromatic rings. The van der Waals surface area contributed by atoms with Crippen molar-refractivity contribution in [2.75, 3.05) is 5.32 Å². The molecule has 2 aromatic heterocycles. The Morgan fingerprint density at radius 2 is 1.80 bits per heavy atom. The lowest BCUT2D eigenvalue weighted by molar-refractivity contribution is 0.102. The second kappa shape index (κ2) is 6.31. The maximum atomic E-state index is 12.7. The molecule has 1 amide bonds. The van der Waals surface area contributed by atoms with Crippen LogP contribution in [-0.2, 0) is 7.05 Å². The van der Waals surface area contributed by atoms with Gasteiger partial charge in [0.1, 0.15) is 10.7 Å². The van der Waals surface area contributed by atoms with E-state index in [2.05, 4.69) is 15.5 Å². The van der Waals surface area contributed by atoms with Crippen LogP contribution >= 0.6 is 22.9 Å². The van der Waals surface area contributed by atoms with E-state index in [1.54, 1.807) is 4.57 Å². The van der Waals surface area contributed by atoms with Gasteiger partial charge in [-0.15, -0.1) is 10.2 Å². The Kier molecular flexibility index (Phi) is 3.99. The van der Waals surface area contributed by atoms with Gasteiger partial charge in [-0.3, -0.25) is 10.1 Å². The SMILES string of the molecule is Cn1c(C(=O)Nc2nnc(-c3ccccc3)s2)c(Cl)c2ccccc21. The Hall–Kier alpha value is -2.70. The third-order valence-electron chi connectivity index (χ3n) is 3.93. The average Bonchev–Trinajstić information content (AvgIpc) is 3.20. The molecule has 0 atom stereocenters. The molecule has 4 rings (SSSR count). The number of fused-ring (bicyclic) bond motifs is 1. The van der Waals surface area contributed by atoms with Crippen molar-refractivity contribution in [1.29, 1.82) is 0 Å². The van der Waals surface area contributed by atoms with Crippen molar-refractivity contribution in [3.63, 3.8) is 0 Å². The van der Waals surface area contributed by atoms with E-state index in [4.69, 9.17) is 11.6 Å². The highest BCUT2D eigenvalue weighted by Gasteiger charge is 2.21. The van der Waals surface area contributed by atoms with Gasteiger partial charge in [-0.05, 0) is 6.07 Å². The maximum Gasteiger partial charge on any atom is 0.275 e. The number of rotatable bonds is 3. The molecule has 0 spiro atoms. The number of hydrogen-bond acceptors (Lipinski definition) is 4. The van der Waals surface area contributed by atoms with Crippen LogP contribution in [0.15, 0.2) is 54.6 Å². The summed E-state index contributed by atoms with van der Waals surface area (Å²) in [6, 6.07) is 17.3. The highest BCUT2D eigenvalue weighted by atomic mass is 35.5. The minimum atomic E-state index is -0.306. The Bertz CT molecular complexity index is 1030. The average molecular weight is 369 g/mol. The largest absolute Gasteiger partial charge is 0.338 e. The molecule has 1 N–H and O–H groups in total. The third kappa shape index (κ3) is 2.79. The number of aryl methyl sites for hydroxylation is 1. The molecular weight excluding hydrogens is 356 g/mol. The molecule has 25 heavy (non-hydrogen) atoms. The van der Waals surface area contributed by atoms with Crippen molar-refractivity contribution >= 4 is 44.9 Å². The van der Waals surface area contributed by atoms with E-state index in [1.165, 1.54) is 11.3 Å². The zero-order chi connectivity index (χ0) is 17.4. The van der Waals surface area contributed by atoms with Crippen LogP contribution in [0.25, 0.3) is 21.5 Å². The lowest BCUT2D eigenvalue weighted by Gasteiger charge is -2.04. The fraction of sp³-hybridized carbons (Fsp3) is 0.0556. The molecule has 0 aliphatic heterocycles. The summed E-state index contributed by atoms with van der Waals surface area (Å²) in [5.74, 6) is -0.306. The zero-order valence-electron chi connectivity index (χ0n) is 13.2. The van der Waals surface area contributed by atoms with Crippen LogP contribution in [0.4, 0.5) is 5.13 Å². The zero-order valence-corrected chi connectivity index (χ0v) is 14.8. The summed E-state index contributed by atoms with van der Waals surface area (Å²) in [4.78, 5) is 12.7. The van der Waals surface area contributed by atoms with E-state index >= 15 is 0 Å². The molecular formula is C18H13ClN4OS. The van der Waals surface area contributed by atoms with Crippen LogP contribution in [0.2, 0.25) is 5.02 Å². The standard InChI is InChI=1S/C18H13ClN4OS/c1-23-13-10-6-5-9-12(13)14(19)15(23)16(24)20-18-22-21-17(25-18)11-7-3-2-4-8-11/h2-10H,1H3,(H,20,22,24). The fourth-order valence-electron chi connectivity index (χ4n) is 2.73. The molecule has 2 aromatic carbocycles. The van der Waals surface area contributed by atoms with Gasteiger partial charge in [-0.2, -0.15) is 0 Å². The number of carbonyl (C=O) groups is 1. The van der Waals surface area contributed by atoms with Crippen LogP contribution in [-0.4, -0.2) is 20.7 Å². The highest BCUT2D eigenvalue weighted by Crippen LogP contribution is 2.31. The lowest BCUT2D eigenvalue weighted by Crippen LogP contribution is -2.16. The monoisotopic (exact) mass is 368 g/mol. The molecule has 0 fully saturated rings. The van der Waals surface area contributed by atoms with Gasteiger partial charge >= 0.3 is 0 Å². The van der Waals surface area contributed by atoms with Gasteiger partial charge in [0.05, 0.1) is 5.02 Å². The van der Waals surface area contributed by atoms with Crippen LogP contribution in [0.5, 0.6) is 0 Å². The topological polar surface area (TPSA) is 59.8 Å². The van der Waals surface area contributed by atoms with Crippen molar-refractivity contribution in [2.24, 2.45) is 7.05 Å². The van der Waals surface area contributed by atoms with Crippen molar-refractivity contribution in [1.82, 2.24) is 14.8 Å². The molecule has 2 heterocycles. The number of carbonyl (C=O) groups excluding carboxylic acids is 1.